The fraction of sp³-hybridized carbons (Fsp3) is 0.375. The summed E-state index contributed by atoms with van der Waals surface area (Å²) >= 11 is 0. The summed E-state index contributed by atoms with van der Waals surface area (Å²) in [5.74, 6) is 0.516. The Balaban J connectivity index is 1.40. The highest BCUT2D eigenvalue weighted by molar-refractivity contribution is 7.90. The Morgan fingerprint density at radius 3 is 2.82 bits per heavy atom. The van der Waals surface area contributed by atoms with Crippen LogP contribution in [0.15, 0.2) is 58.4 Å². The van der Waals surface area contributed by atoms with E-state index in [-0.39, 0.29) is 29.7 Å². The molecule has 10 heteroatoms. The van der Waals surface area contributed by atoms with Crippen LogP contribution in [-0.4, -0.2) is 45.3 Å². The van der Waals surface area contributed by atoms with Gasteiger partial charge in [0.1, 0.15) is 11.6 Å². The molecule has 2 aliphatic heterocycles. The molecular weight excluding hydrogens is 456 g/mol. The fourth-order valence-corrected chi connectivity index (χ4v) is 5.07. The van der Waals surface area contributed by atoms with E-state index in [1.54, 1.807) is 42.2 Å². The Kier molecular flexibility index (Phi) is 7.16. The zero-order valence-electron chi connectivity index (χ0n) is 19.0. The molecule has 34 heavy (non-hydrogen) atoms. The molecule has 2 aromatic rings. The lowest BCUT2D eigenvalue weighted by Crippen LogP contribution is -2.45. The zero-order chi connectivity index (χ0) is 24.1. The topological polar surface area (TPSA) is 117 Å². The number of hydrogen-bond donors (Lipinski definition) is 2. The predicted octanol–water partition coefficient (Wildman–Crippen LogP) is 3.08. The summed E-state index contributed by atoms with van der Waals surface area (Å²) in [7, 11) is -3.81. The molecular formula is C24H28N4O5S. The maximum Gasteiger partial charge on any atom is 0.267 e. The minimum Gasteiger partial charge on any atom is -0.479 e. The van der Waals surface area contributed by atoms with Gasteiger partial charge in [-0.2, -0.15) is 0 Å². The number of amidine groups is 1. The van der Waals surface area contributed by atoms with E-state index in [1.807, 2.05) is 6.07 Å². The SMILES string of the molecule is C[C@H]1Oc2ccccc2N(CCC(=O)Nc2cccc(S(=O)(=O)NC3=NCCCCC3)c2)C1=O. The third kappa shape index (κ3) is 5.56. The Bertz CT molecular complexity index is 1210. The second-order valence-electron chi connectivity index (χ2n) is 8.29. The van der Waals surface area contributed by atoms with Gasteiger partial charge in [-0.25, -0.2) is 8.42 Å². The summed E-state index contributed by atoms with van der Waals surface area (Å²) in [4.78, 5) is 31.1. The molecule has 4 rings (SSSR count). The van der Waals surface area contributed by atoms with Gasteiger partial charge in [-0.1, -0.05) is 24.6 Å². The minimum absolute atomic E-state index is 0.0405. The Morgan fingerprint density at radius 1 is 1.15 bits per heavy atom. The van der Waals surface area contributed by atoms with Crippen LogP contribution in [0.2, 0.25) is 0 Å². The van der Waals surface area contributed by atoms with Gasteiger partial charge in [-0.05, 0) is 50.1 Å². The molecule has 0 saturated heterocycles. The quantitative estimate of drug-likeness (QED) is 0.654. The summed E-state index contributed by atoms with van der Waals surface area (Å²) in [5.41, 5.74) is 0.983. The van der Waals surface area contributed by atoms with Gasteiger partial charge in [-0.15, -0.1) is 0 Å². The van der Waals surface area contributed by atoms with E-state index in [1.165, 1.54) is 12.1 Å². The monoisotopic (exact) mass is 484 g/mol. The normalized spacial score (nSPS) is 18.3. The molecule has 0 radical (unpaired) electrons. The number of benzene rings is 2. The molecule has 2 N–H and O–H groups in total. The van der Waals surface area contributed by atoms with Crippen LogP contribution in [0.3, 0.4) is 0 Å². The number of amides is 2. The maximum atomic E-state index is 12.8. The van der Waals surface area contributed by atoms with Crippen LogP contribution >= 0.6 is 0 Å². The third-order valence-electron chi connectivity index (χ3n) is 5.69. The largest absolute Gasteiger partial charge is 0.479 e. The first-order chi connectivity index (χ1) is 16.3. The molecule has 2 aromatic carbocycles. The molecule has 1 atom stereocenters. The molecule has 2 aliphatic rings. The number of sulfonamides is 1. The van der Waals surface area contributed by atoms with Gasteiger partial charge in [0.2, 0.25) is 5.91 Å². The Hall–Kier alpha value is -3.40. The number of ether oxygens (including phenoxy) is 1. The van der Waals surface area contributed by atoms with Crippen molar-refractivity contribution >= 4 is 39.0 Å². The first-order valence-electron chi connectivity index (χ1n) is 11.4. The minimum atomic E-state index is -3.81. The number of aliphatic imine (C=N–C) groups is 1. The number of fused-ring (bicyclic) bond motifs is 1. The highest BCUT2D eigenvalue weighted by atomic mass is 32.2. The van der Waals surface area contributed by atoms with Crippen LogP contribution in [0.4, 0.5) is 11.4 Å². The lowest BCUT2D eigenvalue weighted by molar-refractivity contribution is -0.125. The van der Waals surface area contributed by atoms with Crippen molar-refractivity contribution < 1.29 is 22.7 Å². The Labute approximate surface area is 199 Å². The van der Waals surface area contributed by atoms with Crippen LogP contribution in [0.5, 0.6) is 5.75 Å². The first kappa shape index (κ1) is 23.7. The van der Waals surface area contributed by atoms with Gasteiger partial charge in [-0.3, -0.25) is 19.3 Å². The van der Waals surface area contributed by atoms with Crippen molar-refractivity contribution in [2.75, 3.05) is 23.3 Å². The number of para-hydroxylation sites is 2. The molecule has 2 heterocycles. The second-order valence-corrected chi connectivity index (χ2v) is 9.97. The molecule has 0 aliphatic carbocycles. The van der Waals surface area contributed by atoms with Crippen LogP contribution in [0, 0.1) is 0 Å². The van der Waals surface area contributed by atoms with Crippen LogP contribution in [0.25, 0.3) is 0 Å². The van der Waals surface area contributed by atoms with Gasteiger partial charge in [0.25, 0.3) is 15.9 Å². The van der Waals surface area contributed by atoms with Crippen molar-refractivity contribution in [2.45, 2.75) is 50.0 Å². The average Bonchev–Trinajstić information content (AvgIpc) is 3.08. The van der Waals surface area contributed by atoms with E-state index in [4.69, 9.17) is 4.74 Å². The number of carbonyl (C=O) groups is 2. The molecule has 0 saturated carbocycles. The maximum absolute atomic E-state index is 12.8. The summed E-state index contributed by atoms with van der Waals surface area (Å²) in [6, 6.07) is 13.3. The van der Waals surface area contributed by atoms with E-state index in [9.17, 15) is 18.0 Å². The smallest absolute Gasteiger partial charge is 0.267 e. The van der Waals surface area contributed by atoms with Crippen molar-refractivity contribution in [3.8, 4) is 5.75 Å². The number of anilines is 2. The highest BCUT2D eigenvalue weighted by Crippen LogP contribution is 2.33. The van der Waals surface area contributed by atoms with E-state index in [0.29, 0.717) is 35.9 Å². The van der Waals surface area contributed by atoms with Crippen LogP contribution in [0.1, 0.15) is 39.0 Å². The molecule has 0 spiro atoms. The molecule has 2 amide bonds. The van der Waals surface area contributed by atoms with Crippen molar-refractivity contribution in [1.82, 2.24) is 4.72 Å². The van der Waals surface area contributed by atoms with Gasteiger partial charge >= 0.3 is 0 Å². The molecule has 0 fully saturated rings. The lowest BCUT2D eigenvalue weighted by atomic mass is 10.1. The van der Waals surface area contributed by atoms with E-state index >= 15 is 0 Å². The van der Waals surface area contributed by atoms with Gasteiger partial charge in [0.05, 0.1) is 10.6 Å². The van der Waals surface area contributed by atoms with E-state index < -0.39 is 16.1 Å². The standard InChI is InChI=1S/C24H28N4O5S/c1-17-24(30)28(20-10-4-5-11-21(20)33-17)15-13-23(29)26-18-8-7-9-19(16-18)34(31,32)27-22-12-3-2-6-14-25-22/h4-5,7-11,16-17H,2-3,6,12-15H2,1H3,(H,25,27)(H,26,29)/t17-/m1/s1. The Morgan fingerprint density at radius 2 is 1.97 bits per heavy atom. The number of hydrogen-bond acceptors (Lipinski definition) is 6. The van der Waals surface area contributed by atoms with Crippen molar-refractivity contribution in [1.29, 1.82) is 0 Å². The first-order valence-corrected chi connectivity index (χ1v) is 12.8. The molecule has 0 aromatic heterocycles. The van der Waals surface area contributed by atoms with Crippen molar-refractivity contribution in [2.24, 2.45) is 4.99 Å². The number of rotatable bonds is 6. The number of nitrogens with zero attached hydrogens (tertiary/aromatic N) is 2. The molecule has 0 bridgehead atoms. The average molecular weight is 485 g/mol. The molecule has 0 unspecified atom stereocenters. The summed E-state index contributed by atoms with van der Waals surface area (Å²) in [6.07, 6.45) is 2.87. The molecule has 180 valence electrons. The van der Waals surface area contributed by atoms with E-state index in [2.05, 4.69) is 15.0 Å². The summed E-state index contributed by atoms with van der Waals surface area (Å²) in [5, 5.41) is 2.73. The van der Waals surface area contributed by atoms with Crippen molar-refractivity contribution in [3.63, 3.8) is 0 Å². The zero-order valence-corrected chi connectivity index (χ0v) is 19.8. The number of carbonyl (C=O) groups excluding carboxylic acids is 2. The molecule has 9 nitrogen and oxygen atoms in total. The van der Waals surface area contributed by atoms with Gasteiger partial charge < -0.3 is 15.0 Å². The second kappa shape index (κ2) is 10.3. The highest BCUT2D eigenvalue weighted by Gasteiger charge is 2.31. The third-order valence-corrected chi connectivity index (χ3v) is 7.07. The predicted molar refractivity (Wildman–Crippen MR) is 130 cm³/mol. The fourth-order valence-electron chi connectivity index (χ4n) is 3.94. The van der Waals surface area contributed by atoms with E-state index in [0.717, 1.165) is 19.3 Å². The summed E-state index contributed by atoms with van der Waals surface area (Å²) < 4.78 is 33.8. The van der Waals surface area contributed by atoms with Crippen LogP contribution < -0.4 is 19.7 Å². The summed E-state index contributed by atoms with van der Waals surface area (Å²) in [6.45, 7) is 2.46. The number of nitrogens with one attached hydrogen (secondary N) is 2. The van der Waals surface area contributed by atoms with Crippen LogP contribution in [-0.2, 0) is 19.6 Å². The van der Waals surface area contributed by atoms with Gasteiger partial charge in [0, 0.05) is 31.6 Å². The lowest BCUT2D eigenvalue weighted by Gasteiger charge is -2.32. The van der Waals surface area contributed by atoms with Gasteiger partial charge in [0.15, 0.2) is 6.10 Å². The van der Waals surface area contributed by atoms with Crippen molar-refractivity contribution in [3.05, 3.63) is 48.5 Å².